The minimum Gasteiger partial charge on any atom is -0.454 e. The van der Waals surface area contributed by atoms with Crippen molar-refractivity contribution in [1.29, 1.82) is 0 Å². The predicted molar refractivity (Wildman–Crippen MR) is 125 cm³/mol. The number of carbonyl (C=O) groups is 2. The molecule has 0 aromatic heterocycles. The lowest BCUT2D eigenvalue weighted by Crippen LogP contribution is -2.73. The monoisotopic (exact) mass is 460 g/mol. The first-order valence-corrected chi connectivity index (χ1v) is 11.7. The minimum absolute atomic E-state index is 0.00261. The molecule has 0 radical (unpaired) electrons. The van der Waals surface area contributed by atoms with Gasteiger partial charge in [0.15, 0.2) is 11.5 Å². The average Bonchev–Trinajstić information content (AvgIpc) is 3.28. The van der Waals surface area contributed by atoms with E-state index in [1.165, 1.54) is 0 Å². The third-order valence-corrected chi connectivity index (χ3v) is 6.70. The van der Waals surface area contributed by atoms with Crippen LogP contribution in [0.15, 0.2) is 42.5 Å². The third-order valence-electron chi connectivity index (χ3n) is 6.70. The van der Waals surface area contributed by atoms with Gasteiger partial charge in [0, 0.05) is 30.0 Å². The number of carbonyl (C=O) groups excluding carboxylic acids is 2. The molecule has 3 heterocycles. The van der Waals surface area contributed by atoms with Gasteiger partial charge in [-0.15, -0.1) is 0 Å². The Balaban J connectivity index is 1.34. The van der Waals surface area contributed by atoms with Gasteiger partial charge in [-0.25, -0.2) is 0 Å². The van der Waals surface area contributed by atoms with Crippen LogP contribution in [0.4, 0.5) is 0 Å². The molecule has 1 N–H and O–H groups in total. The summed E-state index contributed by atoms with van der Waals surface area (Å²) in [6, 6.07) is 12.6. The summed E-state index contributed by atoms with van der Waals surface area (Å²) in [5.41, 5.74) is 2.45. The lowest BCUT2D eigenvalue weighted by atomic mass is 9.73. The second kappa shape index (κ2) is 9.03. The van der Waals surface area contributed by atoms with E-state index in [9.17, 15) is 14.7 Å². The van der Waals surface area contributed by atoms with Gasteiger partial charge in [0.2, 0.25) is 12.7 Å². The molecule has 0 spiro atoms. The van der Waals surface area contributed by atoms with E-state index in [4.69, 9.17) is 9.47 Å². The van der Waals surface area contributed by atoms with E-state index >= 15 is 0 Å². The van der Waals surface area contributed by atoms with Gasteiger partial charge in [0.05, 0.1) is 18.7 Å². The summed E-state index contributed by atoms with van der Waals surface area (Å²) in [6.45, 7) is 4.72. The van der Waals surface area contributed by atoms with Crippen molar-refractivity contribution in [3.63, 3.8) is 0 Å². The zero-order chi connectivity index (χ0) is 23.8. The molecule has 2 aromatic rings. The van der Waals surface area contributed by atoms with Crippen molar-refractivity contribution in [2.24, 2.45) is 5.92 Å². The van der Waals surface area contributed by atoms with Crippen LogP contribution >= 0.6 is 0 Å². The molecule has 0 unspecified atom stereocenters. The SMILES string of the molecule is CC(C)CC#Cc1ccc([C@H]2[C@@H](CO)N3C(=O)CN(C(=O)c4ccc5c(c4)OCO5)C[C@@H]23)cc1. The number of amides is 2. The Morgan fingerprint density at radius 3 is 2.65 bits per heavy atom. The highest BCUT2D eigenvalue weighted by atomic mass is 16.7. The highest BCUT2D eigenvalue weighted by Gasteiger charge is 2.54. The van der Waals surface area contributed by atoms with Crippen LogP contribution in [-0.4, -0.2) is 65.3 Å². The Hall–Kier alpha value is -3.50. The van der Waals surface area contributed by atoms with E-state index in [0.29, 0.717) is 29.5 Å². The number of aliphatic hydroxyl groups excluding tert-OH is 1. The van der Waals surface area contributed by atoms with Crippen LogP contribution in [0.25, 0.3) is 0 Å². The number of rotatable bonds is 4. The number of hydrogen-bond acceptors (Lipinski definition) is 5. The first kappa shape index (κ1) is 22.3. The minimum atomic E-state index is -0.279. The Bertz CT molecular complexity index is 1160. The molecule has 2 amide bonds. The largest absolute Gasteiger partial charge is 0.454 e. The van der Waals surface area contributed by atoms with Gasteiger partial charge in [-0.2, -0.15) is 0 Å². The predicted octanol–water partition coefficient (Wildman–Crippen LogP) is 2.62. The van der Waals surface area contributed by atoms with Crippen LogP contribution in [0.5, 0.6) is 11.5 Å². The van der Waals surface area contributed by atoms with Crippen LogP contribution in [0.3, 0.4) is 0 Å². The lowest BCUT2D eigenvalue weighted by molar-refractivity contribution is -0.159. The van der Waals surface area contributed by atoms with Gasteiger partial charge in [0.25, 0.3) is 5.91 Å². The van der Waals surface area contributed by atoms with Crippen molar-refractivity contribution in [3.05, 3.63) is 59.2 Å². The van der Waals surface area contributed by atoms with Crippen molar-refractivity contribution < 1.29 is 24.2 Å². The second-order valence-electron chi connectivity index (χ2n) is 9.42. The lowest BCUT2D eigenvalue weighted by Gasteiger charge is -2.58. The fraction of sp³-hybridized carbons (Fsp3) is 0.407. The summed E-state index contributed by atoms with van der Waals surface area (Å²) in [5.74, 6) is 7.66. The highest BCUT2D eigenvalue weighted by molar-refractivity contribution is 5.98. The fourth-order valence-electron chi connectivity index (χ4n) is 5.01. The molecule has 5 rings (SSSR count). The maximum absolute atomic E-state index is 13.2. The summed E-state index contributed by atoms with van der Waals surface area (Å²) in [5, 5.41) is 10.0. The molecule has 3 aliphatic heterocycles. The number of benzene rings is 2. The molecule has 3 atom stereocenters. The van der Waals surface area contributed by atoms with Gasteiger partial charge >= 0.3 is 0 Å². The van der Waals surface area contributed by atoms with Gasteiger partial charge in [-0.1, -0.05) is 37.8 Å². The molecule has 2 saturated heterocycles. The smallest absolute Gasteiger partial charge is 0.254 e. The Morgan fingerprint density at radius 1 is 1.15 bits per heavy atom. The van der Waals surface area contributed by atoms with Crippen LogP contribution < -0.4 is 9.47 Å². The number of nitrogens with zero attached hydrogens (tertiary/aromatic N) is 2. The summed E-state index contributed by atoms with van der Waals surface area (Å²) < 4.78 is 10.7. The summed E-state index contributed by atoms with van der Waals surface area (Å²) in [7, 11) is 0. The maximum Gasteiger partial charge on any atom is 0.254 e. The molecular formula is C27H28N2O5. The fourth-order valence-corrected chi connectivity index (χ4v) is 5.01. The molecule has 7 heteroatoms. The topological polar surface area (TPSA) is 79.3 Å². The van der Waals surface area contributed by atoms with E-state index in [2.05, 4.69) is 25.7 Å². The molecule has 2 aromatic carbocycles. The quantitative estimate of drug-likeness (QED) is 0.710. The molecular weight excluding hydrogens is 432 g/mol. The number of fused-ring (bicyclic) bond motifs is 2. The standard InChI is InChI=1S/C27H28N2O5/c1-17(2)4-3-5-18-6-8-19(9-7-18)26-21-13-28(14-25(31)29(21)22(26)15-30)27(32)20-10-11-23-24(12-20)34-16-33-23/h6-12,17,21-22,26,30H,4,13-16H2,1-2H3/t21-,22+,26+/m0/s1. The summed E-state index contributed by atoms with van der Waals surface area (Å²) in [6.07, 6.45) is 0.851. The molecule has 0 bridgehead atoms. The van der Waals surface area contributed by atoms with E-state index in [0.717, 1.165) is 17.5 Å². The van der Waals surface area contributed by atoms with E-state index in [1.807, 2.05) is 24.3 Å². The van der Waals surface area contributed by atoms with Crippen molar-refractivity contribution >= 4 is 11.8 Å². The second-order valence-corrected chi connectivity index (χ2v) is 9.42. The normalized spacial score (nSPS) is 22.7. The van der Waals surface area contributed by atoms with Crippen LogP contribution in [0.1, 0.15) is 47.7 Å². The number of hydrogen-bond donors (Lipinski definition) is 1. The van der Waals surface area contributed by atoms with E-state index < -0.39 is 0 Å². The molecule has 7 nitrogen and oxygen atoms in total. The molecule has 2 fully saturated rings. The molecule has 0 saturated carbocycles. The Labute approximate surface area is 199 Å². The molecule has 176 valence electrons. The van der Waals surface area contributed by atoms with Crippen LogP contribution in [0.2, 0.25) is 0 Å². The first-order valence-electron chi connectivity index (χ1n) is 11.7. The Kier molecular flexibility index (Phi) is 5.93. The van der Waals surface area contributed by atoms with Gasteiger partial charge in [0.1, 0.15) is 6.54 Å². The molecule has 3 aliphatic rings. The molecule has 0 aliphatic carbocycles. The summed E-state index contributed by atoms with van der Waals surface area (Å²) in [4.78, 5) is 29.5. The maximum atomic E-state index is 13.2. The number of aliphatic hydroxyl groups is 1. The average molecular weight is 461 g/mol. The van der Waals surface area contributed by atoms with Crippen molar-refractivity contribution in [2.75, 3.05) is 26.5 Å². The Morgan fingerprint density at radius 2 is 1.91 bits per heavy atom. The number of ether oxygens (including phenoxy) is 2. The zero-order valence-corrected chi connectivity index (χ0v) is 19.4. The van der Waals surface area contributed by atoms with Crippen LogP contribution in [0, 0.1) is 17.8 Å². The van der Waals surface area contributed by atoms with Gasteiger partial charge < -0.3 is 24.4 Å². The summed E-state index contributed by atoms with van der Waals surface area (Å²) >= 11 is 0. The van der Waals surface area contributed by atoms with Gasteiger partial charge in [-0.3, -0.25) is 9.59 Å². The van der Waals surface area contributed by atoms with Crippen molar-refractivity contribution in [3.8, 4) is 23.3 Å². The van der Waals surface area contributed by atoms with Crippen LogP contribution in [-0.2, 0) is 4.79 Å². The highest BCUT2D eigenvalue weighted by Crippen LogP contribution is 2.43. The zero-order valence-electron chi connectivity index (χ0n) is 19.4. The first-order chi connectivity index (χ1) is 16.5. The third kappa shape index (κ3) is 3.99. The van der Waals surface area contributed by atoms with Crippen molar-refractivity contribution in [1.82, 2.24) is 9.80 Å². The number of piperazine rings is 1. The van der Waals surface area contributed by atoms with Gasteiger partial charge in [-0.05, 0) is 41.8 Å². The van der Waals surface area contributed by atoms with E-state index in [1.54, 1.807) is 28.0 Å². The van der Waals surface area contributed by atoms with E-state index in [-0.39, 0.29) is 49.8 Å². The van der Waals surface area contributed by atoms with Crippen molar-refractivity contribution in [2.45, 2.75) is 38.3 Å². The molecule has 34 heavy (non-hydrogen) atoms.